The van der Waals surface area contributed by atoms with E-state index in [1.807, 2.05) is 12.3 Å². The SMILES string of the molecule is Cc1cccc(N2CCN(c3nccc(NCCC4=CCCCC4)n3)CC2)c1C. The molecule has 0 amide bonds. The summed E-state index contributed by atoms with van der Waals surface area (Å²) in [6.07, 6.45) is 10.6. The summed E-state index contributed by atoms with van der Waals surface area (Å²) in [5.41, 5.74) is 5.70. The van der Waals surface area contributed by atoms with Crippen LogP contribution in [-0.4, -0.2) is 42.7 Å². The van der Waals surface area contributed by atoms with Gasteiger partial charge in [-0.05, 0) is 69.2 Å². The quantitative estimate of drug-likeness (QED) is 0.722. The molecule has 5 nitrogen and oxygen atoms in total. The van der Waals surface area contributed by atoms with Crippen LogP contribution in [0.15, 0.2) is 42.1 Å². The molecule has 1 saturated heterocycles. The summed E-state index contributed by atoms with van der Waals surface area (Å²) in [4.78, 5) is 14.1. The number of piperazine rings is 1. The standard InChI is InChI=1S/C24H33N5/c1-19-7-6-10-22(20(19)2)28-15-17-29(18-16-28)24-26-14-12-23(27-24)25-13-11-21-8-4-3-5-9-21/h6-8,10,12,14H,3-5,9,11,13,15-18H2,1-2H3,(H,25,26,27). The average molecular weight is 392 g/mol. The summed E-state index contributed by atoms with van der Waals surface area (Å²) in [6.45, 7) is 9.25. The van der Waals surface area contributed by atoms with Crippen molar-refractivity contribution in [2.45, 2.75) is 46.0 Å². The Morgan fingerprint density at radius 3 is 2.62 bits per heavy atom. The second kappa shape index (κ2) is 9.29. The number of hydrogen-bond acceptors (Lipinski definition) is 5. The number of aryl methyl sites for hydroxylation is 1. The molecule has 2 aliphatic rings. The first-order valence-electron chi connectivity index (χ1n) is 11.0. The van der Waals surface area contributed by atoms with E-state index in [4.69, 9.17) is 4.98 Å². The molecule has 154 valence electrons. The number of anilines is 3. The second-order valence-corrected chi connectivity index (χ2v) is 8.22. The Hall–Kier alpha value is -2.56. The molecule has 1 aliphatic heterocycles. The first-order chi connectivity index (χ1) is 14.2. The predicted octanol–water partition coefficient (Wildman–Crippen LogP) is 4.72. The van der Waals surface area contributed by atoms with E-state index < -0.39 is 0 Å². The summed E-state index contributed by atoms with van der Waals surface area (Å²) in [7, 11) is 0. The highest BCUT2D eigenvalue weighted by atomic mass is 15.3. The van der Waals surface area contributed by atoms with Crippen molar-refractivity contribution in [3.8, 4) is 0 Å². The summed E-state index contributed by atoms with van der Waals surface area (Å²) >= 11 is 0. The maximum atomic E-state index is 4.77. The lowest BCUT2D eigenvalue weighted by molar-refractivity contribution is 0.639. The molecule has 0 atom stereocenters. The number of allylic oxidation sites excluding steroid dienone is 1. The van der Waals surface area contributed by atoms with Gasteiger partial charge in [0.25, 0.3) is 0 Å². The monoisotopic (exact) mass is 391 g/mol. The summed E-state index contributed by atoms with van der Waals surface area (Å²) < 4.78 is 0. The third-order valence-corrected chi connectivity index (χ3v) is 6.26. The van der Waals surface area contributed by atoms with Gasteiger partial charge in [0.2, 0.25) is 5.95 Å². The van der Waals surface area contributed by atoms with Gasteiger partial charge in [-0.2, -0.15) is 4.98 Å². The zero-order valence-corrected chi connectivity index (χ0v) is 17.8. The van der Waals surface area contributed by atoms with Crippen molar-refractivity contribution in [3.05, 3.63) is 53.2 Å². The highest BCUT2D eigenvalue weighted by Gasteiger charge is 2.20. The van der Waals surface area contributed by atoms with Crippen molar-refractivity contribution in [3.63, 3.8) is 0 Å². The van der Waals surface area contributed by atoms with Gasteiger partial charge in [0.05, 0.1) is 0 Å². The van der Waals surface area contributed by atoms with Gasteiger partial charge < -0.3 is 15.1 Å². The summed E-state index contributed by atoms with van der Waals surface area (Å²) in [6, 6.07) is 8.56. The molecule has 1 fully saturated rings. The summed E-state index contributed by atoms with van der Waals surface area (Å²) in [5, 5.41) is 3.49. The zero-order valence-electron chi connectivity index (χ0n) is 17.8. The molecule has 1 N–H and O–H groups in total. The van der Waals surface area contributed by atoms with Gasteiger partial charge in [-0.3, -0.25) is 0 Å². The molecule has 1 aliphatic carbocycles. The number of aromatic nitrogens is 2. The van der Waals surface area contributed by atoms with Gasteiger partial charge in [-0.25, -0.2) is 4.98 Å². The fourth-order valence-electron chi connectivity index (χ4n) is 4.31. The van der Waals surface area contributed by atoms with Crippen LogP contribution in [0.5, 0.6) is 0 Å². The summed E-state index contributed by atoms with van der Waals surface area (Å²) in [5.74, 6) is 1.77. The molecule has 4 rings (SSSR count). The minimum Gasteiger partial charge on any atom is -0.370 e. The molecular weight excluding hydrogens is 358 g/mol. The van der Waals surface area contributed by atoms with Crippen LogP contribution in [0.4, 0.5) is 17.5 Å². The molecule has 1 aromatic heterocycles. The highest BCUT2D eigenvalue weighted by molar-refractivity contribution is 5.57. The fourth-order valence-corrected chi connectivity index (χ4v) is 4.31. The van der Waals surface area contributed by atoms with Crippen LogP contribution in [0.2, 0.25) is 0 Å². The predicted molar refractivity (Wildman–Crippen MR) is 122 cm³/mol. The maximum absolute atomic E-state index is 4.77. The van der Waals surface area contributed by atoms with Crippen molar-refractivity contribution < 1.29 is 0 Å². The first-order valence-corrected chi connectivity index (χ1v) is 11.0. The normalized spacial score (nSPS) is 17.2. The third-order valence-electron chi connectivity index (χ3n) is 6.26. The molecule has 1 aromatic carbocycles. The Labute approximate surface area is 174 Å². The van der Waals surface area contributed by atoms with Crippen LogP contribution in [0, 0.1) is 13.8 Å². The minimum atomic E-state index is 0.840. The van der Waals surface area contributed by atoms with Crippen molar-refractivity contribution in [1.29, 1.82) is 0 Å². The van der Waals surface area contributed by atoms with Crippen molar-refractivity contribution in [2.75, 3.05) is 47.8 Å². The van der Waals surface area contributed by atoms with Crippen molar-refractivity contribution in [2.24, 2.45) is 0 Å². The maximum Gasteiger partial charge on any atom is 0.227 e. The van der Waals surface area contributed by atoms with Gasteiger partial charge in [-0.15, -0.1) is 0 Å². The first kappa shape index (κ1) is 19.7. The van der Waals surface area contributed by atoms with Crippen LogP contribution in [-0.2, 0) is 0 Å². The number of nitrogens with zero attached hydrogens (tertiary/aromatic N) is 4. The second-order valence-electron chi connectivity index (χ2n) is 8.22. The van der Waals surface area contributed by atoms with Gasteiger partial charge in [0.15, 0.2) is 0 Å². The van der Waals surface area contributed by atoms with Crippen LogP contribution < -0.4 is 15.1 Å². The molecule has 5 heteroatoms. The van der Waals surface area contributed by atoms with Crippen LogP contribution in [0.25, 0.3) is 0 Å². The van der Waals surface area contributed by atoms with Crippen LogP contribution >= 0.6 is 0 Å². The van der Waals surface area contributed by atoms with Gasteiger partial charge in [-0.1, -0.05) is 23.8 Å². The molecule has 29 heavy (non-hydrogen) atoms. The zero-order chi connectivity index (χ0) is 20.1. The Balaban J connectivity index is 1.32. The molecule has 0 spiro atoms. The van der Waals surface area contributed by atoms with E-state index in [1.165, 1.54) is 42.5 Å². The van der Waals surface area contributed by atoms with Gasteiger partial charge >= 0.3 is 0 Å². The van der Waals surface area contributed by atoms with E-state index >= 15 is 0 Å². The Morgan fingerprint density at radius 1 is 1.00 bits per heavy atom. The lowest BCUT2D eigenvalue weighted by Crippen LogP contribution is -2.47. The van der Waals surface area contributed by atoms with E-state index in [0.29, 0.717) is 0 Å². The van der Waals surface area contributed by atoms with E-state index in [0.717, 1.165) is 50.9 Å². The number of benzene rings is 1. The van der Waals surface area contributed by atoms with E-state index in [2.05, 4.69) is 58.2 Å². The molecule has 0 unspecified atom stereocenters. The van der Waals surface area contributed by atoms with Gasteiger partial charge in [0, 0.05) is 44.6 Å². The number of rotatable bonds is 6. The lowest BCUT2D eigenvalue weighted by Gasteiger charge is -2.37. The number of hydrogen-bond donors (Lipinski definition) is 1. The average Bonchev–Trinajstić information content (AvgIpc) is 2.77. The lowest BCUT2D eigenvalue weighted by atomic mass is 9.97. The number of nitrogens with one attached hydrogen (secondary N) is 1. The molecule has 0 bridgehead atoms. The van der Waals surface area contributed by atoms with E-state index in [9.17, 15) is 0 Å². The topological polar surface area (TPSA) is 44.3 Å². The molecule has 2 aromatic rings. The Kier molecular flexibility index (Phi) is 6.33. The highest BCUT2D eigenvalue weighted by Crippen LogP contribution is 2.25. The fraction of sp³-hybridized carbons (Fsp3) is 0.500. The Bertz CT molecular complexity index is 852. The van der Waals surface area contributed by atoms with Crippen LogP contribution in [0.3, 0.4) is 0 Å². The van der Waals surface area contributed by atoms with Crippen molar-refractivity contribution in [1.82, 2.24) is 9.97 Å². The largest absolute Gasteiger partial charge is 0.370 e. The van der Waals surface area contributed by atoms with Crippen LogP contribution in [0.1, 0.15) is 43.2 Å². The molecular formula is C24H33N5. The smallest absolute Gasteiger partial charge is 0.227 e. The Morgan fingerprint density at radius 2 is 1.83 bits per heavy atom. The van der Waals surface area contributed by atoms with E-state index in [-0.39, 0.29) is 0 Å². The molecule has 0 saturated carbocycles. The van der Waals surface area contributed by atoms with Crippen molar-refractivity contribution >= 4 is 17.5 Å². The molecule has 0 radical (unpaired) electrons. The third kappa shape index (κ3) is 4.89. The molecule has 2 heterocycles. The van der Waals surface area contributed by atoms with E-state index in [1.54, 1.807) is 5.57 Å². The van der Waals surface area contributed by atoms with Gasteiger partial charge in [0.1, 0.15) is 5.82 Å². The minimum absolute atomic E-state index is 0.840.